The maximum Gasteiger partial charge on any atom is 0.289 e. The van der Waals surface area contributed by atoms with Crippen molar-refractivity contribution in [3.63, 3.8) is 0 Å². The zero-order chi connectivity index (χ0) is 20.1. The molecule has 0 saturated carbocycles. The van der Waals surface area contributed by atoms with E-state index in [1.54, 1.807) is 24.1 Å². The summed E-state index contributed by atoms with van der Waals surface area (Å²) < 4.78 is 11.1. The molecule has 28 heavy (non-hydrogen) atoms. The van der Waals surface area contributed by atoms with E-state index in [1.807, 2.05) is 24.3 Å². The van der Waals surface area contributed by atoms with Crippen molar-refractivity contribution < 1.29 is 23.5 Å². The number of rotatable bonds is 4. The summed E-state index contributed by atoms with van der Waals surface area (Å²) in [4.78, 5) is 40.3. The normalized spacial score (nSPS) is 17.4. The highest BCUT2D eigenvalue weighted by atomic mass is 16.5. The van der Waals surface area contributed by atoms with Gasteiger partial charge in [0.25, 0.3) is 5.91 Å². The van der Waals surface area contributed by atoms with E-state index in [0.717, 1.165) is 5.56 Å². The van der Waals surface area contributed by atoms with Crippen molar-refractivity contribution in [1.29, 1.82) is 0 Å². The molecular weight excluding hydrogens is 362 g/mol. The summed E-state index contributed by atoms with van der Waals surface area (Å²) in [5, 5.41) is 2.52. The molecule has 1 unspecified atom stereocenters. The van der Waals surface area contributed by atoms with Crippen molar-refractivity contribution in [2.45, 2.75) is 12.5 Å². The fraction of sp³-hybridized carbons (Fsp3) is 0.350. The van der Waals surface area contributed by atoms with E-state index in [2.05, 4.69) is 5.32 Å². The van der Waals surface area contributed by atoms with E-state index in [4.69, 9.17) is 9.15 Å². The van der Waals surface area contributed by atoms with E-state index < -0.39 is 6.10 Å². The largest absolute Gasteiger partial charge is 0.459 e. The van der Waals surface area contributed by atoms with Crippen molar-refractivity contribution in [2.24, 2.45) is 0 Å². The number of nitrogens with zero attached hydrogens (tertiary/aromatic N) is 2. The summed E-state index contributed by atoms with van der Waals surface area (Å²) in [6.45, 7) is 0.251. The molecule has 1 aliphatic heterocycles. The Balaban J connectivity index is 1.96. The molecule has 8 heteroatoms. The Morgan fingerprint density at radius 1 is 1.25 bits per heavy atom. The third-order valence-electron chi connectivity index (χ3n) is 4.71. The van der Waals surface area contributed by atoms with E-state index in [9.17, 15) is 14.4 Å². The highest BCUT2D eigenvalue weighted by Crippen LogP contribution is 2.31. The van der Waals surface area contributed by atoms with Crippen molar-refractivity contribution in [2.75, 3.05) is 38.7 Å². The molecule has 0 radical (unpaired) electrons. The number of carbonyl (C=O) groups excluding carboxylic acids is 3. The molecule has 0 aliphatic carbocycles. The van der Waals surface area contributed by atoms with E-state index in [1.165, 1.54) is 18.2 Å². The first-order valence-corrected chi connectivity index (χ1v) is 9.01. The number of furan rings is 1. The van der Waals surface area contributed by atoms with Gasteiger partial charge in [0.2, 0.25) is 11.8 Å². The van der Waals surface area contributed by atoms with Gasteiger partial charge >= 0.3 is 0 Å². The number of likely N-dealkylation sites (N-methyl/N-ethyl adjacent to an activating group) is 1. The van der Waals surface area contributed by atoms with Crippen LogP contribution in [0.1, 0.15) is 28.6 Å². The first-order chi connectivity index (χ1) is 13.5. The molecule has 1 aliphatic rings. The summed E-state index contributed by atoms with van der Waals surface area (Å²) in [7, 11) is 3.23. The predicted molar refractivity (Wildman–Crippen MR) is 102 cm³/mol. The minimum absolute atomic E-state index is 0.114. The monoisotopic (exact) mass is 385 g/mol. The van der Waals surface area contributed by atoms with E-state index in [0.29, 0.717) is 5.69 Å². The standard InChI is InChI=1S/C20H23N3O5/c1-21-18(24)13-28-17-12-23(20(26)16-8-5-11-27-16)10-9-19(25)22(2)15-7-4-3-6-14(15)17/h3-8,11,17H,9-10,12-13H2,1-2H3,(H,21,24). The number of para-hydroxylation sites is 1. The Kier molecular flexibility index (Phi) is 6.10. The van der Waals surface area contributed by atoms with Crippen LogP contribution in [0.3, 0.4) is 0 Å². The summed E-state index contributed by atoms with van der Waals surface area (Å²) >= 11 is 0. The van der Waals surface area contributed by atoms with Gasteiger partial charge in [-0.05, 0) is 18.2 Å². The Labute approximate surface area is 163 Å². The smallest absolute Gasteiger partial charge is 0.289 e. The molecule has 1 atom stereocenters. The minimum Gasteiger partial charge on any atom is -0.459 e. The average Bonchev–Trinajstić information content (AvgIpc) is 3.27. The molecule has 0 bridgehead atoms. The van der Waals surface area contributed by atoms with Crippen LogP contribution in [-0.4, -0.2) is 56.4 Å². The first-order valence-electron chi connectivity index (χ1n) is 9.01. The van der Waals surface area contributed by atoms with Gasteiger partial charge in [0.15, 0.2) is 5.76 Å². The summed E-state index contributed by atoms with van der Waals surface area (Å²) in [6.07, 6.45) is 1.01. The molecule has 3 amide bonds. The van der Waals surface area contributed by atoms with Crippen LogP contribution in [0.15, 0.2) is 47.1 Å². The number of anilines is 1. The van der Waals surface area contributed by atoms with Crippen molar-refractivity contribution in [3.8, 4) is 0 Å². The number of benzene rings is 1. The molecule has 148 valence electrons. The lowest BCUT2D eigenvalue weighted by Gasteiger charge is -2.27. The molecule has 8 nitrogen and oxygen atoms in total. The second kappa shape index (κ2) is 8.71. The summed E-state index contributed by atoms with van der Waals surface area (Å²) in [5.74, 6) is -0.519. The van der Waals surface area contributed by atoms with Crippen LogP contribution in [0.5, 0.6) is 0 Å². The molecule has 0 saturated heterocycles. The highest BCUT2D eigenvalue weighted by molar-refractivity contribution is 5.95. The van der Waals surface area contributed by atoms with E-state index >= 15 is 0 Å². The van der Waals surface area contributed by atoms with Gasteiger partial charge in [0.1, 0.15) is 12.7 Å². The van der Waals surface area contributed by atoms with Gasteiger partial charge in [-0.2, -0.15) is 0 Å². The molecule has 0 fully saturated rings. The van der Waals surface area contributed by atoms with Gasteiger partial charge < -0.3 is 24.3 Å². The maximum absolute atomic E-state index is 12.9. The van der Waals surface area contributed by atoms with Gasteiger partial charge in [0.05, 0.1) is 12.8 Å². The Bertz CT molecular complexity index is 849. The molecule has 3 rings (SSSR count). The number of ether oxygens (including phenoxy) is 1. The lowest BCUT2D eigenvalue weighted by atomic mass is 10.1. The van der Waals surface area contributed by atoms with Crippen LogP contribution < -0.4 is 10.2 Å². The quantitative estimate of drug-likeness (QED) is 0.863. The summed E-state index contributed by atoms with van der Waals surface area (Å²) in [5.41, 5.74) is 1.43. The predicted octanol–water partition coefficient (Wildman–Crippen LogP) is 1.59. The second-order valence-corrected chi connectivity index (χ2v) is 6.46. The lowest BCUT2D eigenvalue weighted by molar-refractivity contribution is -0.127. The van der Waals surface area contributed by atoms with Gasteiger partial charge in [-0.1, -0.05) is 18.2 Å². The molecular formula is C20H23N3O5. The number of hydrogen-bond donors (Lipinski definition) is 1. The van der Waals surface area contributed by atoms with Crippen LogP contribution in [0.4, 0.5) is 5.69 Å². The Morgan fingerprint density at radius 2 is 2.04 bits per heavy atom. The average molecular weight is 385 g/mol. The van der Waals surface area contributed by atoms with Gasteiger partial charge in [-0.3, -0.25) is 14.4 Å². The van der Waals surface area contributed by atoms with Crippen LogP contribution in [0, 0.1) is 0 Å². The van der Waals surface area contributed by atoms with Crippen molar-refractivity contribution in [3.05, 3.63) is 54.0 Å². The van der Waals surface area contributed by atoms with Crippen LogP contribution in [0.25, 0.3) is 0 Å². The fourth-order valence-electron chi connectivity index (χ4n) is 3.12. The third kappa shape index (κ3) is 4.23. The molecule has 1 aromatic carbocycles. The molecule has 0 spiro atoms. The number of carbonyl (C=O) groups is 3. The van der Waals surface area contributed by atoms with Crippen LogP contribution in [0.2, 0.25) is 0 Å². The number of fused-ring (bicyclic) bond motifs is 1. The first kappa shape index (κ1) is 19.6. The molecule has 2 heterocycles. The number of amides is 3. The number of hydrogen-bond acceptors (Lipinski definition) is 5. The van der Waals surface area contributed by atoms with Gasteiger partial charge in [-0.15, -0.1) is 0 Å². The minimum atomic E-state index is -0.583. The van der Waals surface area contributed by atoms with Gasteiger partial charge in [-0.25, -0.2) is 0 Å². The summed E-state index contributed by atoms with van der Waals surface area (Å²) in [6, 6.07) is 10.6. The highest BCUT2D eigenvalue weighted by Gasteiger charge is 2.29. The van der Waals surface area contributed by atoms with Crippen molar-refractivity contribution in [1.82, 2.24) is 10.2 Å². The third-order valence-corrected chi connectivity index (χ3v) is 4.71. The second-order valence-electron chi connectivity index (χ2n) is 6.46. The zero-order valence-electron chi connectivity index (χ0n) is 15.9. The van der Waals surface area contributed by atoms with Crippen LogP contribution in [-0.2, 0) is 14.3 Å². The van der Waals surface area contributed by atoms with Crippen molar-refractivity contribution >= 4 is 23.4 Å². The fourth-order valence-corrected chi connectivity index (χ4v) is 3.12. The molecule has 1 aromatic heterocycles. The Morgan fingerprint density at radius 3 is 2.75 bits per heavy atom. The Hall–Kier alpha value is -3.13. The lowest BCUT2D eigenvalue weighted by Crippen LogP contribution is -2.37. The molecule has 2 aromatic rings. The SMILES string of the molecule is CNC(=O)COC1CN(C(=O)c2ccco2)CCC(=O)N(C)c2ccccc21. The van der Waals surface area contributed by atoms with E-state index in [-0.39, 0.29) is 49.6 Å². The number of nitrogens with one attached hydrogen (secondary N) is 1. The topological polar surface area (TPSA) is 92.1 Å². The van der Waals surface area contributed by atoms with Gasteiger partial charge in [0, 0.05) is 38.3 Å². The van der Waals surface area contributed by atoms with Crippen LogP contribution >= 0.6 is 0 Å². The zero-order valence-corrected chi connectivity index (χ0v) is 15.9. The maximum atomic E-state index is 12.9. The molecule has 1 N–H and O–H groups in total.